The van der Waals surface area contributed by atoms with Gasteiger partial charge in [0.05, 0.1) is 18.8 Å². The Bertz CT molecular complexity index is 1130. The fraction of sp³-hybridized carbons (Fsp3) is 0.583. The molecule has 7 atom stereocenters. The average Bonchev–Trinajstić information content (AvgIpc) is 2.91. The van der Waals surface area contributed by atoms with Crippen LogP contribution in [0.1, 0.15) is 13.2 Å². The molecule has 2 heterocycles. The number of anilines is 1. The lowest BCUT2D eigenvalue weighted by atomic mass is 9.82. The smallest absolute Gasteiger partial charge is 0.396 e. The van der Waals surface area contributed by atoms with Gasteiger partial charge in [0.15, 0.2) is 6.23 Å². The number of nitrogens with zero attached hydrogens (tertiary/aromatic N) is 3. The van der Waals surface area contributed by atoms with E-state index in [4.69, 9.17) is 36.9 Å². The maximum Gasteiger partial charge on any atom is 0.490 e. The van der Waals surface area contributed by atoms with Gasteiger partial charge in [-0.05, 0) is 6.92 Å². The Labute approximate surface area is 184 Å². The molecule has 2 rings (SSSR count). The maximum absolute atomic E-state index is 12.2. The minimum Gasteiger partial charge on any atom is -0.396 e. The van der Waals surface area contributed by atoms with Crippen molar-refractivity contribution in [1.82, 2.24) is 14.5 Å². The number of phosphoric ester groups is 1. The van der Waals surface area contributed by atoms with Gasteiger partial charge >= 0.3 is 29.2 Å². The summed E-state index contributed by atoms with van der Waals surface area (Å²) >= 11 is 0. The fourth-order valence-corrected chi connectivity index (χ4v) is 6.26. The minimum atomic E-state index is -5.77. The summed E-state index contributed by atoms with van der Waals surface area (Å²) in [6.45, 7) is 0.309. The van der Waals surface area contributed by atoms with E-state index in [1.54, 1.807) is 0 Å². The van der Waals surface area contributed by atoms with E-state index in [0.29, 0.717) is 0 Å². The number of ether oxygens (including phenoxy) is 1. The molecule has 33 heavy (non-hydrogen) atoms. The number of nitrogens with two attached hydrogens (primary N) is 2. The van der Waals surface area contributed by atoms with Crippen molar-refractivity contribution in [2.24, 2.45) is 11.7 Å². The quantitative estimate of drug-likeness (QED) is 0.130. The lowest BCUT2D eigenvalue weighted by Crippen LogP contribution is -2.53. The summed E-state index contributed by atoms with van der Waals surface area (Å²) in [5.74, 6) is 0.563. The first-order valence-corrected chi connectivity index (χ1v) is 13.0. The van der Waals surface area contributed by atoms with Crippen molar-refractivity contribution in [3.05, 3.63) is 16.8 Å². The van der Waals surface area contributed by atoms with Crippen LogP contribution < -0.4 is 17.2 Å². The molecule has 0 saturated carbocycles. The van der Waals surface area contributed by atoms with Crippen LogP contribution in [0.2, 0.25) is 0 Å². The molecular formula is C12H20N5O13P3. The molecule has 1 aromatic heterocycles. The topological polar surface area (TPSA) is 289 Å². The van der Waals surface area contributed by atoms with E-state index in [0.717, 1.165) is 17.8 Å². The van der Waals surface area contributed by atoms with E-state index in [1.807, 2.05) is 0 Å². The van der Waals surface area contributed by atoms with Crippen molar-refractivity contribution in [1.29, 1.82) is 0 Å². The molecule has 1 aliphatic heterocycles. The molecule has 18 nitrogen and oxygen atoms in total. The van der Waals surface area contributed by atoms with Gasteiger partial charge in [-0.3, -0.25) is 9.09 Å². The summed E-state index contributed by atoms with van der Waals surface area (Å²) in [5, 5.41) is 9.84. The molecule has 1 saturated heterocycles. The average molecular weight is 535 g/mol. The second-order valence-corrected chi connectivity index (χ2v) is 11.0. The van der Waals surface area contributed by atoms with Crippen molar-refractivity contribution >= 4 is 29.4 Å². The molecule has 186 valence electrons. The number of aromatic nitrogens is 3. The number of phosphoric acid groups is 3. The van der Waals surface area contributed by atoms with Gasteiger partial charge in [-0.2, -0.15) is 13.6 Å². The van der Waals surface area contributed by atoms with E-state index >= 15 is 0 Å². The van der Waals surface area contributed by atoms with Gasteiger partial charge in [-0.15, -0.1) is 6.42 Å². The second kappa shape index (κ2) is 9.61. The Morgan fingerprint density at radius 3 is 2.39 bits per heavy atom. The summed E-state index contributed by atoms with van der Waals surface area (Å²) in [6.07, 6.45) is 1.87. The first-order chi connectivity index (χ1) is 14.9. The predicted octanol–water partition coefficient (Wildman–Crippen LogP) is -2.21. The van der Waals surface area contributed by atoms with Crippen LogP contribution in [-0.2, 0) is 31.6 Å². The van der Waals surface area contributed by atoms with E-state index < -0.39 is 65.7 Å². The van der Waals surface area contributed by atoms with Crippen molar-refractivity contribution < 1.29 is 56.3 Å². The summed E-state index contributed by atoms with van der Waals surface area (Å²) in [7, 11) is -16.9. The van der Waals surface area contributed by atoms with Gasteiger partial charge in [-0.25, -0.2) is 23.5 Å². The third kappa shape index (κ3) is 6.53. The number of rotatable bonds is 9. The Balaban J connectivity index is 2.32. The largest absolute Gasteiger partial charge is 0.490 e. The summed E-state index contributed by atoms with van der Waals surface area (Å²) in [5.41, 5.74) is 8.62. The molecule has 0 aliphatic carbocycles. The van der Waals surface area contributed by atoms with Crippen LogP contribution in [0, 0.1) is 18.3 Å². The molecule has 4 unspecified atom stereocenters. The van der Waals surface area contributed by atoms with Gasteiger partial charge in [0.2, 0.25) is 5.95 Å². The molecule has 1 fully saturated rings. The molecule has 1 aromatic rings. The molecular weight excluding hydrogens is 515 g/mol. The number of hydrogen-bond acceptors (Lipinski definition) is 13. The third-order valence-corrected chi connectivity index (χ3v) is 8.25. The zero-order chi connectivity index (χ0) is 25.4. The van der Waals surface area contributed by atoms with Crippen LogP contribution in [0.25, 0.3) is 0 Å². The predicted molar refractivity (Wildman–Crippen MR) is 105 cm³/mol. The SMILES string of the molecule is C#CC1(N)C(CO)[C@@H]([C@H](C)OP(=O)(O)OP(=O)(O)OP(=O)(O)O)O[C@H]1n1cnc(N)nc1=O. The molecule has 0 aromatic carbocycles. The summed E-state index contributed by atoms with van der Waals surface area (Å²) < 4.78 is 52.7. The maximum atomic E-state index is 12.2. The minimum absolute atomic E-state index is 0.367. The number of aliphatic hydroxyl groups is 1. The normalized spacial score (nSPS) is 30.2. The molecule has 0 amide bonds. The molecule has 1 aliphatic rings. The van der Waals surface area contributed by atoms with Crippen molar-refractivity contribution in [3.63, 3.8) is 0 Å². The van der Waals surface area contributed by atoms with Crippen molar-refractivity contribution in [3.8, 4) is 12.3 Å². The van der Waals surface area contributed by atoms with E-state index in [-0.39, 0.29) is 5.95 Å². The number of terminal acetylenes is 1. The van der Waals surface area contributed by atoms with Gasteiger partial charge in [-0.1, -0.05) is 5.92 Å². The van der Waals surface area contributed by atoms with Crippen LogP contribution in [0.4, 0.5) is 5.95 Å². The molecule has 21 heteroatoms. The first-order valence-electron chi connectivity index (χ1n) is 8.50. The highest BCUT2D eigenvalue weighted by atomic mass is 31.3. The van der Waals surface area contributed by atoms with Crippen LogP contribution in [0.15, 0.2) is 11.1 Å². The highest BCUT2D eigenvalue weighted by Crippen LogP contribution is 2.66. The molecule has 0 radical (unpaired) electrons. The molecule has 9 N–H and O–H groups in total. The zero-order valence-electron chi connectivity index (χ0n) is 16.5. The van der Waals surface area contributed by atoms with E-state index in [2.05, 4.69) is 24.5 Å². The summed E-state index contributed by atoms with van der Waals surface area (Å²) in [6, 6.07) is 0. The standard InChI is InChI=1S/C12H20N5O13P3/c1-3-12(14)7(4-18)8(27-9(12)17-5-15-10(13)16-11(17)19)6(2)28-32(23,24)30-33(25,26)29-31(20,21)22/h1,5-9,18H,4,14H2,2H3,(H,23,24)(H,25,26)(H2,13,16,19)(H2,20,21,22)/t6-,7?,8+,9+,12?/m0/s1. The number of nitrogen functional groups attached to an aromatic ring is 1. The van der Waals surface area contributed by atoms with Crippen LogP contribution >= 0.6 is 23.5 Å². The number of aliphatic hydroxyl groups excluding tert-OH is 1. The lowest BCUT2D eigenvalue weighted by Gasteiger charge is -2.30. The molecule has 0 spiro atoms. The van der Waals surface area contributed by atoms with Gasteiger partial charge in [0.1, 0.15) is 11.9 Å². The Morgan fingerprint density at radius 2 is 1.91 bits per heavy atom. The summed E-state index contributed by atoms with van der Waals surface area (Å²) in [4.78, 5) is 55.4. The third-order valence-electron chi connectivity index (χ3n) is 4.33. The van der Waals surface area contributed by atoms with Gasteiger partial charge in [0, 0.05) is 5.92 Å². The van der Waals surface area contributed by atoms with Gasteiger partial charge in [0.25, 0.3) is 0 Å². The Morgan fingerprint density at radius 1 is 1.30 bits per heavy atom. The monoisotopic (exact) mass is 535 g/mol. The second-order valence-electron chi connectivity index (χ2n) is 6.63. The van der Waals surface area contributed by atoms with Gasteiger partial charge < -0.3 is 40.9 Å². The highest BCUT2D eigenvalue weighted by Gasteiger charge is 2.57. The zero-order valence-corrected chi connectivity index (χ0v) is 19.2. The van der Waals surface area contributed by atoms with E-state index in [1.165, 1.54) is 0 Å². The Kier molecular flexibility index (Phi) is 8.06. The van der Waals surface area contributed by atoms with Crippen molar-refractivity contribution in [2.75, 3.05) is 12.3 Å². The van der Waals surface area contributed by atoms with E-state index in [9.17, 15) is 33.4 Å². The fourth-order valence-electron chi connectivity index (χ4n) is 3.06. The van der Waals surface area contributed by atoms with Crippen LogP contribution in [-0.4, -0.2) is 63.6 Å². The number of hydrogen-bond donors (Lipinski definition) is 7. The van der Waals surface area contributed by atoms with Crippen molar-refractivity contribution in [2.45, 2.75) is 30.9 Å². The Hall–Kier alpha value is -1.54. The first kappa shape index (κ1) is 27.7. The van der Waals surface area contributed by atoms with Crippen LogP contribution in [0.5, 0.6) is 0 Å². The highest BCUT2D eigenvalue weighted by molar-refractivity contribution is 7.66. The lowest BCUT2D eigenvalue weighted by molar-refractivity contribution is -0.0685. The van der Waals surface area contributed by atoms with Crippen LogP contribution in [0.3, 0.4) is 0 Å². The molecule has 0 bridgehead atoms.